The van der Waals surface area contributed by atoms with Gasteiger partial charge in [-0.25, -0.2) is 14.8 Å². The van der Waals surface area contributed by atoms with Crippen LogP contribution in [0.25, 0.3) is 10.2 Å². The summed E-state index contributed by atoms with van der Waals surface area (Å²) < 4.78 is 5.23. The summed E-state index contributed by atoms with van der Waals surface area (Å²) in [5, 5.41) is 1.30. The number of halogens is 2. The number of aromatic nitrogens is 2. The normalized spacial score (nSPS) is 11.0. The van der Waals surface area contributed by atoms with Gasteiger partial charge in [-0.2, -0.15) is 0 Å². The first-order chi connectivity index (χ1) is 11.4. The first kappa shape index (κ1) is 17.0. The van der Waals surface area contributed by atoms with Crippen molar-refractivity contribution in [3.05, 3.63) is 50.1 Å². The van der Waals surface area contributed by atoms with Gasteiger partial charge >= 0.3 is 5.97 Å². The number of nitrogen functional groups attached to an aromatic ring is 1. The third kappa shape index (κ3) is 3.05. The minimum atomic E-state index is -0.594. The van der Waals surface area contributed by atoms with Crippen LogP contribution in [0.2, 0.25) is 10.0 Å². The number of fused-ring (bicyclic) bond motifs is 1. The van der Waals surface area contributed by atoms with E-state index in [1.807, 2.05) is 13.8 Å². The first-order valence-electron chi connectivity index (χ1n) is 7.01. The number of carbonyl (C=O) groups excluding carboxylic acids is 1. The average Bonchev–Trinajstić information content (AvgIpc) is 2.82. The molecular weight excluding hydrogens is 369 g/mol. The molecule has 24 heavy (non-hydrogen) atoms. The predicted molar refractivity (Wildman–Crippen MR) is 96.9 cm³/mol. The number of thiophene rings is 1. The largest absolute Gasteiger partial charge is 0.454 e. The first-order valence-corrected chi connectivity index (χ1v) is 8.59. The molecule has 2 N–H and O–H groups in total. The predicted octanol–water partition coefficient (Wildman–Crippen LogP) is 4.55. The van der Waals surface area contributed by atoms with Crippen LogP contribution in [0, 0.1) is 13.8 Å². The van der Waals surface area contributed by atoms with Crippen LogP contribution in [-0.4, -0.2) is 15.9 Å². The van der Waals surface area contributed by atoms with Crippen molar-refractivity contribution in [3.63, 3.8) is 0 Å². The molecule has 3 aromatic rings. The summed E-state index contributed by atoms with van der Waals surface area (Å²) >= 11 is 13.4. The number of rotatable bonds is 3. The molecule has 5 nitrogen and oxygen atoms in total. The van der Waals surface area contributed by atoms with E-state index < -0.39 is 5.97 Å². The minimum absolute atomic E-state index is 0.0994. The van der Waals surface area contributed by atoms with E-state index in [-0.39, 0.29) is 22.2 Å². The molecule has 0 saturated carbocycles. The zero-order valence-electron chi connectivity index (χ0n) is 12.9. The fourth-order valence-corrected chi connectivity index (χ4v) is 3.69. The molecule has 0 atom stereocenters. The molecule has 1 aromatic carbocycles. The van der Waals surface area contributed by atoms with Crippen LogP contribution in [-0.2, 0) is 11.3 Å². The second-order valence-corrected chi connectivity index (χ2v) is 7.15. The molecule has 124 valence electrons. The van der Waals surface area contributed by atoms with Gasteiger partial charge in [0.25, 0.3) is 0 Å². The van der Waals surface area contributed by atoms with Crippen LogP contribution in [0.5, 0.6) is 0 Å². The highest BCUT2D eigenvalue weighted by Gasteiger charge is 2.16. The number of anilines is 1. The molecule has 0 unspecified atom stereocenters. The summed E-state index contributed by atoms with van der Waals surface area (Å²) in [5.41, 5.74) is 7.28. The van der Waals surface area contributed by atoms with Crippen molar-refractivity contribution < 1.29 is 9.53 Å². The Kier molecular flexibility index (Phi) is 4.62. The molecule has 0 aliphatic heterocycles. The van der Waals surface area contributed by atoms with Crippen LogP contribution >= 0.6 is 34.5 Å². The highest BCUT2D eigenvalue weighted by atomic mass is 35.5. The maximum Gasteiger partial charge on any atom is 0.340 e. The van der Waals surface area contributed by atoms with Gasteiger partial charge in [-0.1, -0.05) is 29.3 Å². The smallest absolute Gasteiger partial charge is 0.340 e. The average molecular weight is 382 g/mol. The van der Waals surface area contributed by atoms with Crippen LogP contribution in [0.4, 0.5) is 5.82 Å². The Balaban J connectivity index is 1.83. The van der Waals surface area contributed by atoms with E-state index in [4.69, 9.17) is 33.7 Å². The van der Waals surface area contributed by atoms with Gasteiger partial charge in [0.1, 0.15) is 10.6 Å². The number of ether oxygens (including phenoxy) is 1. The van der Waals surface area contributed by atoms with E-state index in [9.17, 15) is 4.79 Å². The minimum Gasteiger partial charge on any atom is -0.454 e. The standard InChI is InChI=1S/C16H13Cl2N3O2S/c1-7-8(2)24-15-12(7)14(19)20-11(21-15)6-23-16(22)9-4-3-5-10(17)13(9)18/h3-5H,6H2,1-2H3,(H2,19,20,21). The van der Waals surface area contributed by atoms with E-state index in [2.05, 4.69) is 9.97 Å². The Bertz CT molecular complexity index is 956. The van der Waals surface area contributed by atoms with E-state index in [1.54, 1.807) is 18.2 Å². The summed E-state index contributed by atoms with van der Waals surface area (Å²) in [5.74, 6) is 0.129. The van der Waals surface area contributed by atoms with Gasteiger partial charge in [0.2, 0.25) is 0 Å². The summed E-state index contributed by atoms with van der Waals surface area (Å²) in [6.45, 7) is 3.88. The Morgan fingerprint density at radius 2 is 2.04 bits per heavy atom. The van der Waals surface area contributed by atoms with Gasteiger partial charge in [-0.3, -0.25) is 0 Å². The molecule has 0 spiro atoms. The molecule has 0 amide bonds. The number of esters is 1. The second-order valence-electron chi connectivity index (χ2n) is 5.17. The SMILES string of the molecule is Cc1sc2nc(COC(=O)c3cccc(Cl)c3Cl)nc(N)c2c1C. The number of hydrogen-bond donors (Lipinski definition) is 1. The van der Waals surface area contributed by atoms with Crippen molar-refractivity contribution >= 4 is 56.5 Å². The third-order valence-electron chi connectivity index (χ3n) is 3.61. The fraction of sp³-hybridized carbons (Fsp3) is 0.188. The molecule has 0 saturated heterocycles. The lowest BCUT2D eigenvalue weighted by Gasteiger charge is -2.07. The zero-order chi connectivity index (χ0) is 17.4. The molecule has 2 heterocycles. The van der Waals surface area contributed by atoms with E-state index >= 15 is 0 Å². The lowest BCUT2D eigenvalue weighted by Crippen LogP contribution is -2.09. The maximum atomic E-state index is 12.1. The van der Waals surface area contributed by atoms with Crippen LogP contribution in [0.15, 0.2) is 18.2 Å². The Labute approximate surface area is 152 Å². The molecule has 0 aliphatic carbocycles. The molecule has 0 fully saturated rings. The van der Waals surface area contributed by atoms with Crippen molar-refractivity contribution in [1.29, 1.82) is 0 Å². The fourth-order valence-electron chi connectivity index (χ4n) is 2.26. The number of carbonyl (C=O) groups is 1. The van der Waals surface area contributed by atoms with Gasteiger partial charge in [-0.05, 0) is 31.5 Å². The van der Waals surface area contributed by atoms with Gasteiger partial charge in [0, 0.05) is 4.88 Å². The number of benzene rings is 1. The Morgan fingerprint density at radius 1 is 1.29 bits per heavy atom. The van der Waals surface area contributed by atoms with E-state index in [0.717, 1.165) is 20.7 Å². The number of nitrogens with zero attached hydrogens (tertiary/aromatic N) is 2. The van der Waals surface area contributed by atoms with Crippen molar-refractivity contribution in [3.8, 4) is 0 Å². The number of nitrogens with two attached hydrogens (primary N) is 1. The van der Waals surface area contributed by atoms with Crippen LogP contribution in [0.3, 0.4) is 0 Å². The zero-order valence-corrected chi connectivity index (χ0v) is 15.2. The molecule has 2 aromatic heterocycles. The van der Waals surface area contributed by atoms with Crippen molar-refractivity contribution in [1.82, 2.24) is 9.97 Å². The molecular formula is C16H13Cl2N3O2S. The summed E-state index contributed by atoms with van der Waals surface area (Å²) in [7, 11) is 0. The van der Waals surface area contributed by atoms with Crippen molar-refractivity contribution in [2.45, 2.75) is 20.5 Å². The van der Waals surface area contributed by atoms with Gasteiger partial charge in [-0.15, -0.1) is 11.3 Å². The van der Waals surface area contributed by atoms with Gasteiger partial charge in [0.15, 0.2) is 12.4 Å². The second kappa shape index (κ2) is 6.55. The summed E-state index contributed by atoms with van der Waals surface area (Å²) in [4.78, 5) is 22.7. The monoisotopic (exact) mass is 381 g/mol. The van der Waals surface area contributed by atoms with Gasteiger partial charge < -0.3 is 10.5 Å². The molecule has 0 bridgehead atoms. The summed E-state index contributed by atoms with van der Waals surface area (Å²) in [6.07, 6.45) is 0. The molecule has 3 rings (SSSR count). The van der Waals surface area contributed by atoms with Gasteiger partial charge in [0.05, 0.1) is 21.0 Å². The quantitative estimate of drug-likeness (QED) is 0.672. The lowest BCUT2D eigenvalue weighted by atomic mass is 10.2. The van der Waals surface area contributed by atoms with E-state index in [1.165, 1.54) is 11.3 Å². The molecule has 8 heteroatoms. The van der Waals surface area contributed by atoms with E-state index in [0.29, 0.717) is 11.6 Å². The number of aryl methyl sites for hydroxylation is 2. The maximum absolute atomic E-state index is 12.1. The highest BCUT2D eigenvalue weighted by Crippen LogP contribution is 2.32. The topological polar surface area (TPSA) is 78.1 Å². The van der Waals surface area contributed by atoms with Crippen LogP contribution in [0.1, 0.15) is 26.6 Å². The molecule has 0 aliphatic rings. The lowest BCUT2D eigenvalue weighted by molar-refractivity contribution is 0.0463. The van der Waals surface area contributed by atoms with Crippen molar-refractivity contribution in [2.75, 3.05) is 5.73 Å². The van der Waals surface area contributed by atoms with Crippen LogP contribution < -0.4 is 5.73 Å². The highest BCUT2D eigenvalue weighted by molar-refractivity contribution is 7.18. The Morgan fingerprint density at radius 3 is 2.79 bits per heavy atom. The molecule has 0 radical (unpaired) electrons. The summed E-state index contributed by atoms with van der Waals surface area (Å²) in [6, 6.07) is 4.77. The third-order valence-corrected chi connectivity index (χ3v) is 5.53. The Hall–Kier alpha value is -1.89. The van der Waals surface area contributed by atoms with Crippen molar-refractivity contribution in [2.24, 2.45) is 0 Å². The number of hydrogen-bond acceptors (Lipinski definition) is 6.